The zero-order chi connectivity index (χ0) is 14.7. The molecule has 5 atom stereocenters. The molecule has 2 nitrogen and oxygen atoms in total. The molecule has 3 saturated carbocycles. The van der Waals surface area contributed by atoms with Crippen LogP contribution in [0.25, 0.3) is 0 Å². The highest BCUT2D eigenvalue weighted by Crippen LogP contribution is 2.72. The van der Waals surface area contributed by atoms with Crippen LogP contribution in [0.2, 0.25) is 0 Å². The highest BCUT2D eigenvalue weighted by Gasteiger charge is 2.66. The van der Waals surface area contributed by atoms with Gasteiger partial charge in [0.05, 0.1) is 7.11 Å². The van der Waals surface area contributed by atoms with Gasteiger partial charge < -0.3 is 10.1 Å². The second-order valence-corrected chi connectivity index (χ2v) is 7.53. The standard InChI is InChI=1S/C19H27NO/c1-10-7-11(2)15(14(8-10)21-4)19(20-3)18-16-12-5-6-13(9-12)17(16)18/h7-8,12-13,16-20H,5-6,9H2,1-4H3. The summed E-state index contributed by atoms with van der Waals surface area (Å²) in [6.07, 6.45) is 4.50. The summed E-state index contributed by atoms with van der Waals surface area (Å²) in [4.78, 5) is 0. The van der Waals surface area contributed by atoms with Crippen LogP contribution in [0.4, 0.5) is 0 Å². The zero-order valence-electron chi connectivity index (χ0n) is 13.6. The SMILES string of the molecule is CNC(c1c(C)cc(C)cc1OC)C1C2C3CCC(C3)C21. The molecule has 1 N–H and O–H groups in total. The molecule has 21 heavy (non-hydrogen) atoms. The molecule has 0 aliphatic heterocycles. The molecule has 0 amide bonds. The molecule has 0 saturated heterocycles. The van der Waals surface area contributed by atoms with Gasteiger partial charge in [0, 0.05) is 11.6 Å². The number of methoxy groups -OCH3 is 1. The second kappa shape index (κ2) is 4.74. The van der Waals surface area contributed by atoms with Gasteiger partial charge >= 0.3 is 0 Å². The van der Waals surface area contributed by atoms with Crippen molar-refractivity contribution in [3.63, 3.8) is 0 Å². The Labute approximate surface area is 128 Å². The number of ether oxygens (including phenoxy) is 1. The maximum Gasteiger partial charge on any atom is 0.124 e. The lowest BCUT2D eigenvalue weighted by molar-refractivity contribution is 0.361. The molecule has 3 fully saturated rings. The van der Waals surface area contributed by atoms with E-state index in [4.69, 9.17) is 4.74 Å². The molecule has 0 heterocycles. The van der Waals surface area contributed by atoms with Crippen molar-refractivity contribution in [3.05, 3.63) is 28.8 Å². The Balaban J connectivity index is 1.69. The largest absolute Gasteiger partial charge is 0.496 e. The Morgan fingerprint density at radius 1 is 1.14 bits per heavy atom. The third kappa shape index (κ3) is 1.88. The minimum atomic E-state index is 0.471. The third-order valence-electron chi connectivity index (χ3n) is 6.51. The van der Waals surface area contributed by atoms with Crippen molar-refractivity contribution in [1.82, 2.24) is 5.32 Å². The van der Waals surface area contributed by atoms with Gasteiger partial charge in [0.25, 0.3) is 0 Å². The summed E-state index contributed by atoms with van der Waals surface area (Å²) in [5.74, 6) is 5.95. The fraction of sp³-hybridized carbons (Fsp3) is 0.684. The zero-order valence-corrected chi connectivity index (χ0v) is 13.6. The van der Waals surface area contributed by atoms with Crippen molar-refractivity contribution in [2.24, 2.45) is 29.6 Å². The number of rotatable bonds is 4. The molecule has 3 aliphatic rings. The third-order valence-corrected chi connectivity index (χ3v) is 6.51. The van der Waals surface area contributed by atoms with Crippen LogP contribution in [-0.4, -0.2) is 14.2 Å². The molecule has 0 spiro atoms. The van der Waals surface area contributed by atoms with Gasteiger partial charge in [-0.1, -0.05) is 6.07 Å². The Bertz CT molecular complexity index is 551. The number of fused-ring (bicyclic) bond motifs is 5. The van der Waals surface area contributed by atoms with Crippen LogP contribution in [0.5, 0.6) is 5.75 Å². The Hall–Kier alpha value is -1.02. The van der Waals surface area contributed by atoms with E-state index in [-0.39, 0.29) is 0 Å². The van der Waals surface area contributed by atoms with Crippen LogP contribution in [0, 0.1) is 43.4 Å². The smallest absolute Gasteiger partial charge is 0.124 e. The van der Waals surface area contributed by atoms with Gasteiger partial charge in [0.15, 0.2) is 0 Å². The molecule has 0 aromatic heterocycles. The first-order valence-electron chi connectivity index (χ1n) is 8.48. The quantitative estimate of drug-likeness (QED) is 0.907. The summed E-state index contributed by atoms with van der Waals surface area (Å²) in [5.41, 5.74) is 4.08. The average molecular weight is 285 g/mol. The molecule has 114 valence electrons. The lowest BCUT2D eigenvalue weighted by atomic mass is 9.89. The highest BCUT2D eigenvalue weighted by atomic mass is 16.5. The van der Waals surface area contributed by atoms with Crippen molar-refractivity contribution in [2.75, 3.05) is 14.2 Å². The summed E-state index contributed by atoms with van der Waals surface area (Å²) in [5, 5.41) is 3.63. The van der Waals surface area contributed by atoms with Gasteiger partial charge in [-0.25, -0.2) is 0 Å². The van der Waals surface area contributed by atoms with Gasteiger partial charge in [0.1, 0.15) is 5.75 Å². The number of nitrogens with one attached hydrogen (secondary N) is 1. The van der Waals surface area contributed by atoms with E-state index >= 15 is 0 Å². The molecule has 2 heteroatoms. The Morgan fingerprint density at radius 2 is 1.81 bits per heavy atom. The summed E-state index contributed by atoms with van der Waals surface area (Å²) >= 11 is 0. The number of aryl methyl sites for hydroxylation is 2. The summed E-state index contributed by atoms with van der Waals surface area (Å²) in [7, 11) is 3.93. The van der Waals surface area contributed by atoms with Gasteiger partial charge in [0.2, 0.25) is 0 Å². The fourth-order valence-corrected chi connectivity index (χ4v) is 5.87. The van der Waals surface area contributed by atoms with Gasteiger partial charge in [-0.05, 0) is 86.9 Å². The lowest BCUT2D eigenvalue weighted by Crippen LogP contribution is -2.23. The number of benzene rings is 1. The van der Waals surface area contributed by atoms with Crippen LogP contribution < -0.4 is 10.1 Å². The van der Waals surface area contributed by atoms with Crippen LogP contribution in [0.15, 0.2) is 12.1 Å². The lowest BCUT2D eigenvalue weighted by Gasteiger charge is -2.25. The first-order valence-corrected chi connectivity index (χ1v) is 8.48. The molecule has 2 bridgehead atoms. The van der Waals surface area contributed by atoms with E-state index in [2.05, 4.69) is 38.3 Å². The molecule has 3 aliphatic carbocycles. The maximum atomic E-state index is 5.72. The molecular weight excluding hydrogens is 258 g/mol. The maximum absolute atomic E-state index is 5.72. The van der Waals surface area contributed by atoms with Crippen molar-refractivity contribution in [1.29, 1.82) is 0 Å². The van der Waals surface area contributed by atoms with Crippen LogP contribution in [0.3, 0.4) is 0 Å². The van der Waals surface area contributed by atoms with E-state index in [0.717, 1.165) is 35.3 Å². The topological polar surface area (TPSA) is 21.3 Å². The predicted molar refractivity (Wildman–Crippen MR) is 85.6 cm³/mol. The normalized spacial score (nSPS) is 37.4. The second-order valence-electron chi connectivity index (χ2n) is 7.53. The summed E-state index contributed by atoms with van der Waals surface area (Å²) in [6.45, 7) is 4.39. The monoisotopic (exact) mass is 285 g/mol. The van der Waals surface area contributed by atoms with E-state index in [1.54, 1.807) is 0 Å². The molecule has 4 rings (SSSR count). The molecule has 0 radical (unpaired) electrons. The summed E-state index contributed by atoms with van der Waals surface area (Å²) in [6, 6.07) is 4.97. The predicted octanol–water partition coefficient (Wildman–Crippen LogP) is 3.86. The minimum Gasteiger partial charge on any atom is -0.496 e. The van der Waals surface area contributed by atoms with Crippen LogP contribution in [-0.2, 0) is 0 Å². The van der Waals surface area contributed by atoms with Gasteiger partial charge in [-0.2, -0.15) is 0 Å². The van der Waals surface area contributed by atoms with Crippen molar-refractivity contribution < 1.29 is 4.74 Å². The molecule has 5 unspecified atom stereocenters. The first kappa shape index (κ1) is 13.6. The highest BCUT2D eigenvalue weighted by molar-refractivity contribution is 5.46. The van der Waals surface area contributed by atoms with E-state index in [9.17, 15) is 0 Å². The van der Waals surface area contributed by atoms with Crippen molar-refractivity contribution in [3.8, 4) is 5.75 Å². The number of hydrogen-bond donors (Lipinski definition) is 1. The van der Waals surface area contributed by atoms with Gasteiger partial charge in [-0.3, -0.25) is 0 Å². The molecular formula is C19H27NO. The summed E-state index contributed by atoms with van der Waals surface area (Å²) < 4.78 is 5.72. The fourth-order valence-electron chi connectivity index (χ4n) is 5.87. The number of hydrogen-bond acceptors (Lipinski definition) is 2. The van der Waals surface area contributed by atoms with Gasteiger partial charge in [-0.15, -0.1) is 0 Å². The van der Waals surface area contributed by atoms with Crippen molar-refractivity contribution in [2.45, 2.75) is 39.2 Å². The Kier molecular flexibility index (Phi) is 3.08. The van der Waals surface area contributed by atoms with E-state index < -0.39 is 0 Å². The molecule has 1 aromatic carbocycles. The van der Waals surface area contributed by atoms with Crippen LogP contribution >= 0.6 is 0 Å². The average Bonchev–Trinajstić information content (AvgIpc) is 2.88. The minimum absolute atomic E-state index is 0.471. The first-order chi connectivity index (χ1) is 10.2. The van der Waals surface area contributed by atoms with Crippen molar-refractivity contribution >= 4 is 0 Å². The van der Waals surface area contributed by atoms with E-state index in [1.165, 1.54) is 36.0 Å². The van der Waals surface area contributed by atoms with Crippen LogP contribution in [0.1, 0.15) is 42.0 Å². The van der Waals surface area contributed by atoms with E-state index in [1.807, 2.05) is 7.11 Å². The molecule has 1 aromatic rings. The Morgan fingerprint density at radius 3 is 2.38 bits per heavy atom. The van der Waals surface area contributed by atoms with E-state index in [0.29, 0.717) is 6.04 Å².